The summed E-state index contributed by atoms with van der Waals surface area (Å²) in [7, 11) is 3.78. The highest BCUT2D eigenvalue weighted by Crippen LogP contribution is 2.32. The molecule has 4 nitrogen and oxygen atoms in total. The predicted octanol–water partition coefficient (Wildman–Crippen LogP) is 2.31. The zero-order valence-electron chi connectivity index (χ0n) is 10.7. The lowest BCUT2D eigenvalue weighted by Crippen LogP contribution is -2.47. The molecular weight excluding hydrogens is 228 g/mol. The smallest absolute Gasteiger partial charge is 0.238 e. The predicted molar refractivity (Wildman–Crippen MR) is 71.2 cm³/mol. The number of nitrogens with zero attached hydrogens (tertiary/aromatic N) is 2. The van der Waals surface area contributed by atoms with Crippen molar-refractivity contribution in [1.82, 2.24) is 4.90 Å². The van der Waals surface area contributed by atoms with Crippen molar-refractivity contribution in [3.8, 4) is 0 Å². The second kappa shape index (κ2) is 5.31. The molecule has 0 spiro atoms. The SMILES string of the molecule is CN(C)[C@H]1C=CC[C@H](c2ccccc2)[C@@H]1[N+](=O)[O-]. The monoisotopic (exact) mass is 246 g/mol. The molecule has 0 saturated heterocycles. The summed E-state index contributed by atoms with van der Waals surface area (Å²) < 4.78 is 0. The summed E-state index contributed by atoms with van der Waals surface area (Å²) in [6.07, 6.45) is 4.75. The summed E-state index contributed by atoms with van der Waals surface area (Å²) in [6, 6.07) is 9.06. The van der Waals surface area contributed by atoms with Crippen molar-refractivity contribution in [2.24, 2.45) is 0 Å². The molecule has 0 heterocycles. The summed E-state index contributed by atoms with van der Waals surface area (Å²) in [4.78, 5) is 13.2. The molecule has 18 heavy (non-hydrogen) atoms. The van der Waals surface area contributed by atoms with Gasteiger partial charge in [-0.05, 0) is 26.1 Å². The lowest BCUT2D eigenvalue weighted by Gasteiger charge is -2.32. The Labute approximate surface area is 107 Å². The first-order valence-corrected chi connectivity index (χ1v) is 6.13. The fraction of sp³-hybridized carbons (Fsp3) is 0.429. The van der Waals surface area contributed by atoms with Crippen LogP contribution in [-0.4, -0.2) is 36.0 Å². The number of nitro groups is 1. The average Bonchev–Trinajstić information content (AvgIpc) is 2.38. The van der Waals surface area contributed by atoms with Crippen LogP contribution >= 0.6 is 0 Å². The van der Waals surface area contributed by atoms with Crippen LogP contribution in [0, 0.1) is 10.1 Å². The Morgan fingerprint density at radius 2 is 1.94 bits per heavy atom. The van der Waals surface area contributed by atoms with Crippen LogP contribution in [0.2, 0.25) is 0 Å². The van der Waals surface area contributed by atoms with Gasteiger partial charge in [0.2, 0.25) is 6.04 Å². The van der Waals surface area contributed by atoms with Gasteiger partial charge in [0.1, 0.15) is 0 Å². The molecule has 3 atom stereocenters. The molecule has 96 valence electrons. The van der Waals surface area contributed by atoms with Crippen LogP contribution in [0.1, 0.15) is 17.9 Å². The second-order valence-electron chi connectivity index (χ2n) is 4.91. The summed E-state index contributed by atoms with van der Waals surface area (Å²) in [5.41, 5.74) is 1.05. The van der Waals surface area contributed by atoms with Crippen molar-refractivity contribution in [3.63, 3.8) is 0 Å². The molecule has 0 N–H and O–H groups in total. The molecule has 0 aromatic heterocycles. The van der Waals surface area contributed by atoms with Gasteiger partial charge >= 0.3 is 0 Å². The Kier molecular flexibility index (Phi) is 3.77. The van der Waals surface area contributed by atoms with Crippen LogP contribution in [-0.2, 0) is 0 Å². The molecule has 0 unspecified atom stereocenters. The van der Waals surface area contributed by atoms with E-state index in [1.54, 1.807) is 0 Å². The fourth-order valence-electron chi connectivity index (χ4n) is 2.64. The Bertz CT molecular complexity index is 442. The van der Waals surface area contributed by atoms with Crippen molar-refractivity contribution in [1.29, 1.82) is 0 Å². The Hall–Kier alpha value is -1.68. The molecule has 2 rings (SSSR count). The number of hydrogen-bond donors (Lipinski definition) is 0. The first-order valence-electron chi connectivity index (χ1n) is 6.13. The number of benzene rings is 1. The Morgan fingerprint density at radius 1 is 1.28 bits per heavy atom. The van der Waals surface area contributed by atoms with Crippen LogP contribution < -0.4 is 0 Å². The van der Waals surface area contributed by atoms with Crippen LogP contribution in [0.3, 0.4) is 0 Å². The van der Waals surface area contributed by atoms with Gasteiger partial charge in [-0.2, -0.15) is 0 Å². The third kappa shape index (κ3) is 2.43. The molecule has 0 radical (unpaired) electrons. The minimum atomic E-state index is -0.576. The Balaban J connectivity index is 2.35. The van der Waals surface area contributed by atoms with Crippen molar-refractivity contribution in [3.05, 3.63) is 58.2 Å². The van der Waals surface area contributed by atoms with Crippen LogP contribution in [0.25, 0.3) is 0 Å². The number of hydrogen-bond acceptors (Lipinski definition) is 3. The summed E-state index contributed by atoms with van der Waals surface area (Å²) in [6.45, 7) is 0. The van der Waals surface area contributed by atoms with Crippen LogP contribution in [0.15, 0.2) is 42.5 Å². The number of rotatable bonds is 3. The zero-order valence-corrected chi connectivity index (χ0v) is 10.7. The number of allylic oxidation sites excluding steroid dienone is 1. The second-order valence-corrected chi connectivity index (χ2v) is 4.91. The first kappa shape index (κ1) is 12.8. The van der Waals surface area contributed by atoms with E-state index in [-0.39, 0.29) is 16.9 Å². The highest BCUT2D eigenvalue weighted by molar-refractivity contribution is 5.25. The summed E-state index contributed by atoms with van der Waals surface area (Å²) in [5, 5.41) is 11.4. The maximum absolute atomic E-state index is 11.4. The molecule has 1 aliphatic carbocycles. The van der Waals surface area contributed by atoms with E-state index in [0.717, 1.165) is 12.0 Å². The van der Waals surface area contributed by atoms with E-state index in [2.05, 4.69) is 6.08 Å². The van der Waals surface area contributed by atoms with Crippen LogP contribution in [0.4, 0.5) is 0 Å². The average molecular weight is 246 g/mol. The third-order valence-electron chi connectivity index (χ3n) is 3.55. The van der Waals surface area contributed by atoms with Gasteiger partial charge in [-0.3, -0.25) is 15.0 Å². The summed E-state index contributed by atoms with van der Waals surface area (Å²) in [5.74, 6) is -0.0430. The van der Waals surface area contributed by atoms with E-state index in [1.807, 2.05) is 55.4 Å². The van der Waals surface area contributed by atoms with Gasteiger partial charge in [0, 0.05) is 4.92 Å². The molecular formula is C14H18N2O2. The molecule has 0 bridgehead atoms. The highest BCUT2D eigenvalue weighted by Gasteiger charge is 2.41. The maximum Gasteiger partial charge on any atom is 0.238 e. The third-order valence-corrected chi connectivity index (χ3v) is 3.55. The van der Waals surface area contributed by atoms with Gasteiger partial charge in [-0.25, -0.2) is 0 Å². The van der Waals surface area contributed by atoms with E-state index in [9.17, 15) is 10.1 Å². The molecule has 0 saturated carbocycles. The minimum Gasteiger partial charge on any atom is -0.297 e. The van der Waals surface area contributed by atoms with Gasteiger partial charge < -0.3 is 0 Å². The highest BCUT2D eigenvalue weighted by atomic mass is 16.6. The molecule has 1 aliphatic rings. The lowest BCUT2D eigenvalue weighted by molar-refractivity contribution is -0.532. The maximum atomic E-state index is 11.4. The largest absolute Gasteiger partial charge is 0.297 e. The fourth-order valence-corrected chi connectivity index (χ4v) is 2.64. The van der Waals surface area contributed by atoms with Crippen molar-refractivity contribution >= 4 is 0 Å². The van der Waals surface area contributed by atoms with Gasteiger partial charge in [0.05, 0.1) is 12.0 Å². The molecule has 1 aromatic carbocycles. The van der Waals surface area contributed by atoms with E-state index in [1.165, 1.54) is 0 Å². The van der Waals surface area contributed by atoms with E-state index in [0.29, 0.717) is 0 Å². The molecule has 0 aliphatic heterocycles. The van der Waals surface area contributed by atoms with E-state index >= 15 is 0 Å². The zero-order chi connectivity index (χ0) is 13.1. The standard InChI is InChI=1S/C14H18N2O2/c1-15(2)13-10-6-9-12(14(13)16(17)18)11-7-4-3-5-8-11/h3-8,10,12-14H,9H2,1-2H3/t12-,13+,14+/m1/s1. The normalized spacial score (nSPS) is 27.4. The molecule has 0 fully saturated rings. The van der Waals surface area contributed by atoms with Gasteiger partial charge in [0.25, 0.3) is 0 Å². The van der Waals surface area contributed by atoms with Gasteiger partial charge in [-0.1, -0.05) is 42.5 Å². The van der Waals surface area contributed by atoms with E-state index in [4.69, 9.17) is 0 Å². The summed E-state index contributed by atoms with van der Waals surface area (Å²) >= 11 is 0. The van der Waals surface area contributed by atoms with Crippen molar-refractivity contribution in [2.45, 2.75) is 24.4 Å². The van der Waals surface area contributed by atoms with Crippen LogP contribution in [0.5, 0.6) is 0 Å². The number of likely N-dealkylation sites (N-methyl/N-ethyl adjacent to an activating group) is 1. The van der Waals surface area contributed by atoms with Gasteiger partial charge in [-0.15, -0.1) is 0 Å². The minimum absolute atomic E-state index is 0.0430. The molecule has 1 aromatic rings. The topological polar surface area (TPSA) is 46.4 Å². The lowest BCUT2D eigenvalue weighted by atomic mass is 9.81. The quantitative estimate of drug-likeness (QED) is 0.467. The first-order chi connectivity index (χ1) is 8.61. The Morgan fingerprint density at radius 3 is 2.50 bits per heavy atom. The molecule has 0 amide bonds. The molecule has 4 heteroatoms. The van der Waals surface area contributed by atoms with Crippen molar-refractivity contribution in [2.75, 3.05) is 14.1 Å². The van der Waals surface area contributed by atoms with E-state index < -0.39 is 6.04 Å². The van der Waals surface area contributed by atoms with Gasteiger partial charge in [0.15, 0.2) is 0 Å². The van der Waals surface area contributed by atoms with Crippen molar-refractivity contribution < 1.29 is 4.92 Å².